The van der Waals surface area contributed by atoms with E-state index in [1.54, 1.807) is 6.07 Å². The van der Waals surface area contributed by atoms with Crippen LogP contribution in [0.25, 0.3) is 5.57 Å². The third kappa shape index (κ3) is 5.35. The van der Waals surface area contributed by atoms with Crippen LogP contribution in [0.4, 0.5) is 0 Å². The summed E-state index contributed by atoms with van der Waals surface area (Å²) in [6.07, 6.45) is 7.42. The number of carbonyl (C=O) groups is 1. The van der Waals surface area contributed by atoms with Crippen molar-refractivity contribution in [2.75, 3.05) is 0 Å². The number of sulfonamides is 1. The smallest absolute Gasteiger partial charge is 0.270 e. The van der Waals surface area contributed by atoms with Crippen LogP contribution in [-0.4, -0.2) is 24.3 Å². The number of aromatic nitrogens is 2. The van der Waals surface area contributed by atoms with Gasteiger partial charge in [-0.25, -0.2) is 18.1 Å². The number of pyridine rings is 2. The number of nitrogens with zero attached hydrogens (tertiary/aromatic N) is 1. The molecule has 1 aliphatic carbocycles. The summed E-state index contributed by atoms with van der Waals surface area (Å²) in [5.41, 5.74) is 3.66. The second-order valence-electron chi connectivity index (χ2n) is 8.65. The van der Waals surface area contributed by atoms with E-state index in [2.05, 4.69) is 16.0 Å². The Morgan fingerprint density at radius 3 is 2.51 bits per heavy atom. The Kier molecular flexibility index (Phi) is 6.88. The lowest BCUT2D eigenvalue weighted by Crippen LogP contribution is -2.34. The summed E-state index contributed by atoms with van der Waals surface area (Å²) in [5.74, 6) is -0.393. The van der Waals surface area contributed by atoms with Gasteiger partial charge < -0.3 is 9.72 Å². The molecule has 0 saturated heterocycles. The van der Waals surface area contributed by atoms with E-state index in [-0.39, 0.29) is 14.3 Å². The zero-order chi connectivity index (χ0) is 25.2. The molecule has 35 heavy (non-hydrogen) atoms. The van der Waals surface area contributed by atoms with E-state index in [4.69, 9.17) is 4.74 Å². The second kappa shape index (κ2) is 9.87. The highest BCUT2D eigenvalue weighted by Crippen LogP contribution is 2.33. The summed E-state index contributed by atoms with van der Waals surface area (Å²) in [5, 5.41) is 0. The number of carbonyl (C=O) groups excluding carboxylic acids is 1. The number of hydrogen-bond acceptors (Lipinski definition) is 6. The quantitative estimate of drug-likeness (QED) is 0.492. The third-order valence-corrected chi connectivity index (χ3v) is 7.18. The number of amides is 1. The lowest BCUT2D eigenvalue weighted by atomic mass is 9.96. The van der Waals surface area contributed by atoms with Crippen molar-refractivity contribution in [3.05, 3.63) is 87.0 Å². The van der Waals surface area contributed by atoms with Crippen molar-refractivity contribution in [2.45, 2.75) is 51.3 Å². The van der Waals surface area contributed by atoms with Crippen LogP contribution >= 0.6 is 0 Å². The molecule has 0 spiro atoms. The number of rotatable bonds is 6. The van der Waals surface area contributed by atoms with Crippen molar-refractivity contribution in [1.82, 2.24) is 14.7 Å². The summed E-state index contributed by atoms with van der Waals surface area (Å²) in [6.45, 7) is 5.77. The first-order valence-electron chi connectivity index (χ1n) is 11.4. The average Bonchev–Trinajstić information content (AvgIpc) is 2.81. The van der Waals surface area contributed by atoms with Crippen LogP contribution in [0.1, 0.15) is 61.3 Å². The number of nitrogens with one attached hydrogen (secondary N) is 2. The van der Waals surface area contributed by atoms with Gasteiger partial charge in [0.2, 0.25) is 5.88 Å². The highest BCUT2D eigenvalue weighted by molar-refractivity contribution is 7.90. The SMILES string of the molecule is Cc1cc(C)c(Oc2nc(C3=CCCCC3)ccc2C(=O)NS(=O)(=O)c2ccc[nH]c2=O)c(C)c1.[HH].[HH]. The topological polar surface area (TPSA) is 118 Å². The third-order valence-electron chi connectivity index (χ3n) is 5.83. The molecule has 0 aliphatic heterocycles. The van der Waals surface area contributed by atoms with E-state index >= 15 is 0 Å². The molecular formula is C26H31N3O5S. The van der Waals surface area contributed by atoms with Crippen LogP contribution in [0, 0.1) is 20.8 Å². The van der Waals surface area contributed by atoms with Gasteiger partial charge in [0.05, 0.1) is 5.69 Å². The van der Waals surface area contributed by atoms with Crippen molar-refractivity contribution < 1.29 is 20.8 Å². The van der Waals surface area contributed by atoms with Crippen molar-refractivity contribution in [1.29, 1.82) is 0 Å². The minimum Gasteiger partial charge on any atom is -0.438 e. The Hall–Kier alpha value is -3.72. The first kappa shape index (κ1) is 24.4. The number of aryl methyl sites for hydroxylation is 3. The summed E-state index contributed by atoms with van der Waals surface area (Å²) in [4.78, 5) is 31.5. The Bertz CT molecular complexity index is 1480. The highest BCUT2D eigenvalue weighted by atomic mass is 32.2. The fourth-order valence-corrected chi connectivity index (χ4v) is 5.24. The molecule has 4 rings (SSSR count). The summed E-state index contributed by atoms with van der Waals surface area (Å²) in [6, 6.07) is 9.61. The molecule has 0 radical (unpaired) electrons. The zero-order valence-electron chi connectivity index (χ0n) is 19.8. The molecule has 2 heterocycles. The molecule has 2 aromatic heterocycles. The van der Waals surface area contributed by atoms with E-state index in [1.807, 2.05) is 37.6 Å². The van der Waals surface area contributed by atoms with E-state index in [1.165, 1.54) is 18.3 Å². The summed E-state index contributed by atoms with van der Waals surface area (Å²) >= 11 is 0. The van der Waals surface area contributed by atoms with Gasteiger partial charge in [0.1, 0.15) is 11.3 Å². The molecule has 0 saturated carbocycles. The molecule has 2 N–H and O–H groups in total. The van der Waals surface area contributed by atoms with Gasteiger partial charge in [-0.05, 0) is 87.4 Å². The first-order valence-corrected chi connectivity index (χ1v) is 12.8. The van der Waals surface area contributed by atoms with Crippen LogP contribution in [0.15, 0.2) is 58.4 Å². The minimum atomic E-state index is -4.42. The maximum Gasteiger partial charge on any atom is 0.270 e. The van der Waals surface area contributed by atoms with Crippen molar-refractivity contribution >= 4 is 21.5 Å². The molecule has 8 nitrogen and oxygen atoms in total. The van der Waals surface area contributed by atoms with Gasteiger partial charge in [-0.2, -0.15) is 0 Å². The molecule has 0 atom stereocenters. The van der Waals surface area contributed by atoms with E-state index < -0.39 is 26.4 Å². The number of ether oxygens (including phenoxy) is 1. The van der Waals surface area contributed by atoms with Crippen LogP contribution < -0.4 is 15.0 Å². The molecule has 3 aromatic rings. The highest BCUT2D eigenvalue weighted by Gasteiger charge is 2.25. The summed E-state index contributed by atoms with van der Waals surface area (Å²) in [7, 11) is -4.42. The standard InChI is InChI=1S/C26H27N3O5S.2H2/c1-16-14-17(2)23(18(3)15-16)34-26-20(11-12-21(28-26)19-8-5-4-6-9-19)24(30)29-35(32,33)22-10-7-13-27-25(22)31;;/h7-8,10-15H,4-6,9H2,1-3H3,(H,27,31)(H,29,30);2*1H. The molecule has 1 aromatic carbocycles. The number of H-pyrrole nitrogens is 1. The van der Waals surface area contributed by atoms with E-state index in [0.717, 1.165) is 54.0 Å². The maximum atomic E-state index is 13.1. The van der Waals surface area contributed by atoms with Gasteiger partial charge in [-0.3, -0.25) is 9.59 Å². The fraction of sp³-hybridized carbons (Fsp3) is 0.269. The van der Waals surface area contributed by atoms with Crippen molar-refractivity contribution in [3.63, 3.8) is 0 Å². The van der Waals surface area contributed by atoms with E-state index in [0.29, 0.717) is 11.4 Å². The predicted octanol–water partition coefficient (Wildman–Crippen LogP) is 5.06. The molecule has 9 heteroatoms. The summed E-state index contributed by atoms with van der Waals surface area (Å²) < 4.78 is 33.6. The average molecular weight is 498 g/mol. The molecule has 0 bridgehead atoms. The van der Waals surface area contributed by atoms with Gasteiger partial charge in [0, 0.05) is 9.05 Å². The number of benzene rings is 1. The Morgan fingerprint density at radius 2 is 1.86 bits per heavy atom. The molecule has 0 unspecified atom stereocenters. The van der Waals surface area contributed by atoms with Crippen LogP contribution in [0.3, 0.4) is 0 Å². The van der Waals surface area contributed by atoms with Gasteiger partial charge in [0.25, 0.3) is 21.5 Å². The first-order chi connectivity index (χ1) is 16.7. The van der Waals surface area contributed by atoms with Crippen LogP contribution in [-0.2, 0) is 10.0 Å². The fourth-order valence-electron chi connectivity index (χ4n) is 4.21. The Morgan fingerprint density at radius 1 is 1.11 bits per heavy atom. The number of hydrogen-bond donors (Lipinski definition) is 2. The lowest BCUT2D eigenvalue weighted by molar-refractivity contribution is 0.0978. The van der Waals surface area contributed by atoms with Crippen LogP contribution in [0.5, 0.6) is 11.6 Å². The Labute approximate surface area is 207 Å². The second-order valence-corrected chi connectivity index (χ2v) is 10.3. The molecule has 186 valence electrons. The minimum absolute atomic E-state index is 0. The maximum absolute atomic E-state index is 13.1. The zero-order valence-corrected chi connectivity index (χ0v) is 20.7. The number of aromatic amines is 1. The van der Waals surface area contributed by atoms with Crippen molar-refractivity contribution in [2.24, 2.45) is 0 Å². The van der Waals surface area contributed by atoms with Gasteiger partial charge in [-0.1, -0.05) is 23.8 Å². The lowest BCUT2D eigenvalue weighted by Gasteiger charge is -2.17. The van der Waals surface area contributed by atoms with Crippen LogP contribution in [0.2, 0.25) is 0 Å². The molecule has 0 fully saturated rings. The van der Waals surface area contributed by atoms with E-state index in [9.17, 15) is 18.0 Å². The van der Waals surface area contributed by atoms with Gasteiger partial charge in [-0.15, -0.1) is 0 Å². The van der Waals surface area contributed by atoms with Crippen molar-refractivity contribution in [3.8, 4) is 11.6 Å². The molecular weight excluding hydrogens is 466 g/mol. The molecule has 1 amide bonds. The van der Waals surface area contributed by atoms with Gasteiger partial charge in [0.15, 0.2) is 4.90 Å². The monoisotopic (exact) mass is 497 g/mol. The normalized spacial score (nSPS) is 13.7. The number of allylic oxidation sites excluding steroid dienone is 2. The van der Waals surface area contributed by atoms with Gasteiger partial charge >= 0.3 is 0 Å². The largest absolute Gasteiger partial charge is 0.438 e. The predicted molar refractivity (Wildman–Crippen MR) is 137 cm³/mol. The molecule has 1 aliphatic rings. The Balaban J connectivity index is 0.00000241.